The van der Waals surface area contributed by atoms with Crippen LogP contribution < -0.4 is 11.1 Å². The first-order valence-corrected chi connectivity index (χ1v) is 6.52. The van der Waals surface area contributed by atoms with Gasteiger partial charge in [0.15, 0.2) is 0 Å². The van der Waals surface area contributed by atoms with E-state index in [0.29, 0.717) is 17.8 Å². The summed E-state index contributed by atoms with van der Waals surface area (Å²) >= 11 is 0. The number of nitrogens with two attached hydrogens (primary N) is 1. The highest BCUT2D eigenvalue weighted by molar-refractivity contribution is 5.85. The van der Waals surface area contributed by atoms with E-state index in [-0.39, 0.29) is 5.41 Å². The van der Waals surface area contributed by atoms with Gasteiger partial charge in [-0.25, -0.2) is 0 Å². The fraction of sp³-hybridized carbons (Fsp3) is 0.923. The topological polar surface area (TPSA) is 70.6 Å². The van der Waals surface area contributed by atoms with E-state index in [4.69, 9.17) is 10.9 Å². The number of oxime groups is 1. The fourth-order valence-corrected chi connectivity index (χ4v) is 1.52. The molecule has 102 valence electrons. The summed E-state index contributed by atoms with van der Waals surface area (Å²) in [6.45, 7) is 11.7. The molecule has 0 bridgehead atoms. The molecule has 0 radical (unpaired) electrons. The lowest BCUT2D eigenvalue weighted by molar-refractivity contribution is 0.304. The molecule has 0 aromatic rings. The fourth-order valence-electron chi connectivity index (χ4n) is 1.52. The molecule has 0 aromatic carbocycles. The van der Waals surface area contributed by atoms with Crippen LogP contribution in [0, 0.1) is 11.3 Å². The lowest BCUT2D eigenvalue weighted by Gasteiger charge is -2.23. The Morgan fingerprint density at radius 1 is 1.29 bits per heavy atom. The minimum absolute atomic E-state index is 0.210. The first-order valence-electron chi connectivity index (χ1n) is 6.52. The number of unbranched alkanes of at least 4 members (excludes halogenated alkanes) is 1. The molecule has 0 heterocycles. The van der Waals surface area contributed by atoms with Crippen molar-refractivity contribution in [3.05, 3.63) is 0 Å². The number of hydrogen-bond donors (Lipinski definition) is 3. The summed E-state index contributed by atoms with van der Waals surface area (Å²) in [4.78, 5) is 0. The monoisotopic (exact) mass is 243 g/mol. The molecule has 0 rings (SSSR count). The molecule has 4 nitrogen and oxygen atoms in total. The van der Waals surface area contributed by atoms with Crippen molar-refractivity contribution in [1.29, 1.82) is 0 Å². The van der Waals surface area contributed by atoms with E-state index in [9.17, 15) is 0 Å². The Morgan fingerprint density at radius 3 is 2.35 bits per heavy atom. The van der Waals surface area contributed by atoms with E-state index in [1.165, 1.54) is 0 Å². The van der Waals surface area contributed by atoms with Gasteiger partial charge in [0.2, 0.25) is 0 Å². The minimum atomic E-state index is -0.210. The molecule has 0 aliphatic heterocycles. The summed E-state index contributed by atoms with van der Waals surface area (Å²) in [6, 6.07) is 0.562. The maximum atomic E-state index is 8.66. The van der Waals surface area contributed by atoms with Crippen LogP contribution in [-0.4, -0.2) is 23.6 Å². The molecular weight excluding hydrogens is 214 g/mol. The van der Waals surface area contributed by atoms with Crippen molar-refractivity contribution in [1.82, 2.24) is 5.32 Å². The van der Waals surface area contributed by atoms with Gasteiger partial charge in [0.25, 0.3) is 0 Å². The third kappa shape index (κ3) is 6.51. The maximum Gasteiger partial charge on any atom is 0.144 e. The normalized spacial score (nSPS) is 15.3. The Hall–Kier alpha value is -0.770. The zero-order valence-electron chi connectivity index (χ0n) is 12.0. The predicted octanol–water partition coefficient (Wildman–Crippen LogP) is 2.56. The zero-order valence-corrected chi connectivity index (χ0v) is 12.0. The van der Waals surface area contributed by atoms with Crippen LogP contribution in [0.2, 0.25) is 0 Å². The van der Waals surface area contributed by atoms with Gasteiger partial charge >= 0.3 is 0 Å². The van der Waals surface area contributed by atoms with Gasteiger partial charge in [-0.1, -0.05) is 39.3 Å². The number of hydrogen-bond acceptors (Lipinski definition) is 3. The number of nitrogens with one attached hydrogen (secondary N) is 1. The van der Waals surface area contributed by atoms with Crippen LogP contribution >= 0.6 is 0 Å². The van der Waals surface area contributed by atoms with Crippen LogP contribution in [0.5, 0.6) is 0 Å². The molecule has 1 unspecified atom stereocenters. The molecular formula is C13H29N3O. The SMILES string of the molecule is CC(C)C(C)NCCCCC(C)(C)C(N)=NO. The lowest BCUT2D eigenvalue weighted by Crippen LogP contribution is -2.33. The maximum absolute atomic E-state index is 8.66. The van der Waals surface area contributed by atoms with Gasteiger partial charge in [0.1, 0.15) is 5.84 Å². The van der Waals surface area contributed by atoms with Crippen LogP contribution in [0.1, 0.15) is 53.9 Å². The predicted molar refractivity (Wildman–Crippen MR) is 73.3 cm³/mol. The van der Waals surface area contributed by atoms with Crippen LogP contribution in [0.25, 0.3) is 0 Å². The second-order valence-corrected chi connectivity index (χ2v) is 5.81. The van der Waals surface area contributed by atoms with E-state index in [1.807, 2.05) is 13.8 Å². The molecule has 0 aromatic heterocycles. The van der Waals surface area contributed by atoms with Gasteiger partial charge in [0, 0.05) is 11.5 Å². The summed E-state index contributed by atoms with van der Waals surface area (Å²) in [6.07, 6.45) is 3.15. The highest BCUT2D eigenvalue weighted by Gasteiger charge is 2.22. The van der Waals surface area contributed by atoms with E-state index in [1.54, 1.807) is 0 Å². The molecule has 0 amide bonds. The Balaban J connectivity index is 3.72. The minimum Gasteiger partial charge on any atom is -0.409 e. The highest BCUT2D eigenvalue weighted by atomic mass is 16.4. The van der Waals surface area contributed by atoms with Gasteiger partial charge in [-0.05, 0) is 32.2 Å². The summed E-state index contributed by atoms with van der Waals surface area (Å²) in [5.74, 6) is 0.990. The van der Waals surface area contributed by atoms with Crippen molar-refractivity contribution in [2.75, 3.05) is 6.54 Å². The quantitative estimate of drug-likeness (QED) is 0.202. The molecule has 4 N–H and O–H groups in total. The molecule has 17 heavy (non-hydrogen) atoms. The summed E-state index contributed by atoms with van der Waals surface area (Å²) < 4.78 is 0. The van der Waals surface area contributed by atoms with E-state index in [0.717, 1.165) is 25.8 Å². The number of rotatable bonds is 8. The van der Waals surface area contributed by atoms with Gasteiger partial charge in [-0.15, -0.1) is 0 Å². The molecule has 0 aliphatic carbocycles. The molecule has 0 spiro atoms. The van der Waals surface area contributed by atoms with Crippen LogP contribution in [0.15, 0.2) is 5.16 Å². The van der Waals surface area contributed by atoms with Gasteiger partial charge in [0.05, 0.1) is 0 Å². The largest absolute Gasteiger partial charge is 0.409 e. The van der Waals surface area contributed by atoms with E-state index < -0.39 is 0 Å². The van der Waals surface area contributed by atoms with E-state index >= 15 is 0 Å². The molecule has 0 aliphatic rings. The second-order valence-electron chi connectivity index (χ2n) is 5.81. The first-order chi connectivity index (χ1) is 7.81. The molecule has 0 fully saturated rings. The summed E-state index contributed by atoms with van der Waals surface area (Å²) in [7, 11) is 0. The van der Waals surface area contributed by atoms with E-state index in [2.05, 4.69) is 31.2 Å². The third-order valence-corrected chi connectivity index (χ3v) is 3.50. The highest BCUT2D eigenvalue weighted by Crippen LogP contribution is 2.23. The number of nitrogens with zero attached hydrogens (tertiary/aromatic N) is 1. The summed E-state index contributed by atoms with van der Waals surface area (Å²) in [5.41, 5.74) is 5.43. The first kappa shape index (κ1) is 16.2. The van der Waals surface area contributed by atoms with Crippen LogP contribution in [-0.2, 0) is 0 Å². The average Bonchev–Trinajstić information content (AvgIpc) is 2.26. The Kier molecular flexibility index (Phi) is 7.19. The lowest BCUT2D eigenvalue weighted by atomic mass is 9.86. The smallest absolute Gasteiger partial charge is 0.144 e. The van der Waals surface area contributed by atoms with Crippen molar-refractivity contribution in [3.63, 3.8) is 0 Å². The van der Waals surface area contributed by atoms with Crippen LogP contribution in [0.4, 0.5) is 0 Å². The third-order valence-electron chi connectivity index (χ3n) is 3.50. The van der Waals surface area contributed by atoms with Crippen molar-refractivity contribution in [2.45, 2.75) is 59.9 Å². The van der Waals surface area contributed by atoms with Crippen molar-refractivity contribution in [3.8, 4) is 0 Å². The average molecular weight is 243 g/mol. The standard InChI is InChI=1S/C13H29N3O/c1-10(2)11(3)15-9-7-6-8-13(4,5)12(14)16-17/h10-11,15,17H,6-9H2,1-5H3,(H2,14,16). The molecule has 0 saturated heterocycles. The van der Waals surface area contributed by atoms with Crippen molar-refractivity contribution >= 4 is 5.84 Å². The van der Waals surface area contributed by atoms with Gasteiger partial charge in [-0.3, -0.25) is 0 Å². The summed E-state index contributed by atoms with van der Waals surface area (Å²) in [5, 5.41) is 15.2. The second kappa shape index (κ2) is 7.54. The van der Waals surface area contributed by atoms with Crippen LogP contribution in [0.3, 0.4) is 0 Å². The molecule has 4 heteroatoms. The Labute approximate surface area is 106 Å². The van der Waals surface area contributed by atoms with Crippen molar-refractivity contribution in [2.24, 2.45) is 22.2 Å². The van der Waals surface area contributed by atoms with Gasteiger partial charge in [-0.2, -0.15) is 0 Å². The van der Waals surface area contributed by atoms with Gasteiger partial charge < -0.3 is 16.3 Å². The number of amidine groups is 1. The molecule has 1 atom stereocenters. The molecule has 0 saturated carbocycles. The van der Waals surface area contributed by atoms with Crippen molar-refractivity contribution < 1.29 is 5.21 Å². The zero-order chi connectivity index (χ0) is 13.5. The Morgan fingerprint density at radius 2 is 1.88 bits per heavy atom. The Bertz CT molecular complexity index is 237.